The van der Waals surface area contributed by atoms with Crippen LogP contribution in [0, 0.1) is 5.92 Å². The van der Waals surface area contributed by atoms with Gasteiger partial charge in [-0.3, -0.25) is 9.67 Å². The SMILES string of the molecule is C[C@H]1CCC(c2ccc3c(cnn3C)c2)=NC1. The first-order valence-corrected chi connectivity index (χ1v) is 6.19. The molecule has 88 valence electrons. The molecule has 0 spiro atoms. The predicted molar refractivity (Wildman–Crippen MR) is 70.5 cm³/mol. The van der Waals surface area contributed by atoms with E-state index in [2.05, 4.69) is 35.2 Å². The Balaban J connectivity index is 2.01. The van der Waals surface area contributed by atoms with Crippen LogP contribution < -0.4 is 0 Å². The van der Waals surface area contributed by atoms with E-state index in [1.54, 1.807) is 0 Å². The molecule has 0 N–H and O–H groups in total. The summed E-state index contributed by atoms with van der Waals surface area (Å²) in [6.45, 7) is 3.24. The van der Waals surface area contributed by atoms with Crippen molar-refractivity contribution in [1.82, 2.24) is 9.78 Å². The van der Waals surface area contributed by atoms with E-state index in [4.69, 9.17) is 0 Å². The highest BCUT2D eigenvalue weighted by Crippen LogP contribution is 2.21. The highest BCUT2D eigenvalue weighted by Gasteiger charge is 2.13. The molecule has 0 saturated carbocycles. The molecule has 0 radical (unpaired) electrons. The monoisotopic (exact) mass is 227 g/mol. The Kier molecular flexibility index (Phi) is 2.46. The maximum absolute atomic E-state index is 4.68. The van der Waals surface area contributed by atoms with Crippen molar-refractivity contribution in [2.75, 3.05) is 6.54 Å². The maximum atomic E-state index is 4.68. The number of hydrogen-bond acceptors (Lipinski definition) is 2. The number of benzene rings is 1. The second-order valence-corrected chi connectivity index (χ2v) is 4.97. The fourth-order valence-corrected chi connectivity index (χ4v) is 2.40. The molecule has 1 aliphatic heterocycles. The fraction of sp³-hybridized carbons (Fsp3) is 0.429. The second-order valence-electron chi connectivity index (χ2n) is 4.97. The molecule has 0 unspecified atom stereocenters. The smallest absolute Gasteiger partial charge is 0.0679 e. The van der Waals surface area contributed by atoms with Gasteiger partial charge in [-0.1, -0.05) is 13.0 Å². The standard InChI is InChI=1S/C14H17N3/c1-10-3-5-13(15-8-10)11-4-6-14-12(7-11)9-16-17(14)2/h4,6-7,9-10H,3,5,8H2,1-2H3/t10-/m0/s1. The molecular weight excluding hydrogens is 210 g/mol. The van der Waals surface area contributed by atoms with Gasteiger partial charge in [0.1, 0.15) is 0 Å². The molecule has 17 heavy (non-hydrogen) atoms. The van der Waals surface area contributed by atoms with Gasteiger partial charge in [0.15, 0.2) is 0 Å². The number of nitrogens with zero attached hydrogens (tertiary/aromatic N) is 3. The van der Waals surface area contributed by atoms with Crippen molar-refractivity contribution in [2.24, 2.45) is 18.0 Å². The zero-order valence-corrected chi connectivity index (χ0v) is 10.3. The fourth-order valence-electron chi connectivity index (χ4n) is 2.40. The molecule has 2 heterocycles. The Morgan fingerprint density at radius 3 is 3.00 bits per heavy atom. The summed E-state index contributed by atoms with van der Waals surface area (Å²) in [6.07, 6.45) is 4.28. The molecule has 3 heteroatoms. The van der Waals surface area contributed by atoms with E-state index in [-0.39, 0.29) is 0 Å². The lowest BCUT2D eigenvalue weighted by atomic mass is 9.95. The summed E-state index contributed by atoms with van der Waals surface area (Å²) in [4.78, 5) is 4.68. The van der Waals surface area contributed by atoms with Crippen molar-refractivity contribution in [3.63, 3.8) is 0 Å². The Hall–Kier alpha value is -1.64. The predicted octanol–water partition coefficient (Wildman–Crippen LogP) is 2.79. The van der Waals surface area contributed by atoms with Crippen LogP contribution in [0.15, 0.2) is 29.4 Å². The minimum absolute atomic E-state index is 0.737. The summed E-state index contributed by atoms with van der Waals surface area (Å²) in [6, 6.07) is 6.51. The first-order chi connectivity index (χ1) is 8.24. The average molecular weight is 227 g/mol. The first kappa shape index (κ1) is 10.5. The number of aliphatic imine (C=N–C) groups is 1. The van der Waals surface area contributed by atoms with Gasteiger partial charge >= 0.3 is 0 Å². The lowest BCUT2D eigenvalue weighted by Crippen LogP contribution is -2.14. The Labute approximate surface area is 101 Å². The molecular formula is C14H17N3. The normalized spacial score (nSPS) is 20.6. The largest absolute Gasteiger partial charge is 0.289 e. The first-order valence-electron chi connectivity index (χ1n) is 6.19. The summed E-state index contributed by atoms with van der Waals surface area (Å²) in [5, 5.41) is 5.47. The van der Waals surface area contributed by atoms with E-state index in [9.17, 15) is 0 Å². The van der Waals surface area contributed by atoms with Gasteiger partial charge in [-0.05, 0) is 36.5 Å². The molecule has 0 amide bonds. The summed E-state index contributed by atoms with van der Waals surface area (Å²) in [7, 11) is 1.97. The Morgan fingerprint density at radius 2 is 2.24 bits per heavy atom. The molecule has 3 rings (SSSR count). The number of aromatic nitrogens is 2. The summed E-state index contributed by atoms with van der Waals surface area (Å²) in [5.41, 5.74) is 3.70. The van der Waals surface area contributed by atoms with Gasteiger partial charge in [0.2, 0.25) is 0 Å². The minimum atomic E-state index is 0.737. The Bertz CT molecular complexity index is 580. The second kappa shape index (κ2) is 3.99. The molecule has 1 atom stereocenters. The highest BCUT2D eigenvalue weighted by atomic mass is 15.2. The van der Waals surface area contributed by atoms with E-state index in [0.717, 1.165) is 18.9 Å². The quantitative estimate of drug-likeness (QED) is 0.736. The lowest BCUT2D eigenvalue weighted by Gasteiger charge is -2.17. The third-order valence-electron chi connectivity index (χ3n) is 3.55. The van der Waals surface area contributed by atoms with Gasteiger partial charge in [0.05, 0.1) is 11.7 Å². The van der Waals surface area contributed by atoms with Crippen LogP contribution in [-0.4, -0.2) is 22.0 Å². The van der Waals surface area contributed by atoms with Crippen LogP contribution in [-0.2, 0) is 7.05 Å². The van der Waals surface area contributed by atoms with Crippen LogP contribution in [0.5, 0.6) is 0 Å². The number of fused-ring (bicyclic) bond motifs is 1. The van der Waals surface area contributed by atoms with Gasteiger partial charge in [0, 0.05) is 24.7 Å². The number of hydrogen-bond donors (Lipinski definition) is 0. The molecule has 1 aromatic heterocycles. The Morgan fingerprint density at radius 1 is 1.35 bits per heavy atom. The van der Waals surface area contributed by atoms with Crippen molar-refractivity contribution >= 4 is 16.6 Å². The molecule has 0 saturated heterocycles. The molecule has 3 nitrogen and oxygen atoms in total. The van der Waals surface area contributed by atoms with Crippen molar-refractivity contribution in [2.45, 2.75) is 19.8 Å². The molecule has 0 aliphatic carbocycles. The number of rotatable bonds is 1. The highest BCUT2D eigenvalue weighted by molar-refractivity contribution is 6.03. The van der Waals surface area contributed by atoms with Crippen LogP contribution in [0.4, 0.5) is 0 Å². The average Bonchev–Trinajstić information content (AvgIpc) is 2.72. The third kappa shape index (κ3) is 1.86. The van der Waals surface area contributed by atoms with Crippen molar-refractivity contribution in [3.05, 3.63) is 30.0 Å². The number of aryl methyl sites for hydroxylation is 1. The van der Waals surface area contributed by atoms with E-state index >= 15 is 0 Å². The van der Waals surface area contributed by atoms with Crippen molar-refractivity contribution < 1.29 is 0 Å². The maximum Gasteiger partial charge on any atom is 0.0679 e. The topological polar surface area (TPSA) is 30.2 Å². The van der Waals surface area contributed by atoms with Gasteiger partial charge < -0.3 is 0 Å². The summed E-state index contributed by atoms with van der Waals surface area (Å²) >= 11 is 0. The van der Waals surface area contributed by atoms with Crippen LogP contribution in [0.2, 0.25) is 0 Å². The van der Waals surface area contributed by atoms with Crippen LogP contribution in [0.1, 0.15) is 25.3 Å². The van der Waals surface area contributed by atoms with Gasteiger partial charge in [-0.15, -0.1) is 0 Å². The zero-order chi connectivity index (χ0) is 11.8. The van der Waals surface area contributed by atoms with Gasteiger partial charge in [0.25, 0.3) is 0 Å². The van der Waals surface area contributed by atoms with E-state index < -0.39 is 0 Å². The van der Waals surface area contributed by atoms with Crippen LogP contribution >= 0.6 is 0 Å². The molecule has 0 bridgehead atoms. The zero-order valence-electron chi connectivity index (χ0n) is 10.3. The van der Waals surface area contributed by atoms with Crippen LogP contribution in [0.3, 0.4) is 0 Å². The molecule has 1 aromatic carbocycles. The minimum Gasteiger partial charge on any atom is -0.289 e. The molecule has 1 aliphatic rings. The van der Waals surface area contributed by atoms with Gasteiger partial charge in [-0.2, -0.15) is 5.10 Å². The lowest BCUT2D eigenvalue weighted by molar-refractivity contribution is 0.538. The van der Waals surface area contributed by atoms with E-state index in [0.29, 0.717) is 0 Å². The van der Waals surface area contributed by atoms with E-state index in [1.165, 1.54) is 28.6 Å². The van der Waals surface area contributed by atoms with Crippen molar-refractivity contribution in [3.8, 4) is 0 Å². The summed E-state index contributed by atoms with van der Waals surface area (Å²) in [5.74, 6) is 0.737. The van der Waals surface area contributed by atoms with Crippen LogP contribution in [0.25, 0.3) is 10.9 Å². The third-order valence-corrected chi connectivity index (χ3v) is 3.55. The molecule has 2 aromatic rings. The molecule has 0 fully saturated rings. The van der Waals surface area contributed by atoms with Crippen molar-refractivity contribution in [1.29, 1.82) is 0 Å². The van der Waals surface area contributed by atoms with E-state index in [1.807, 2.05) is 17.9 Å². The summed E-state index contributed by atoms with van der Waals surface area (Å²) < 4.78 is 1.91. The van der Waals surface area contributed by atoms with Gasteiger partial charge in [-0.25, -0.2) is 0 Å².